The smallest absolute Gasteiger partial charge is 0.0722 e. The highest BCUT2D eigenvalue weighted by Gasteiger charge is 1.93. The maximum absolute atomic E-state index is 8.92. The van der Waals surface area contributed by atoms with Gasteiger partial charge in [0, 0.05) is 0 Å². The van der Waals surface area contributed by atoms with Gasteiger partial charge in [0.05, 0.1) is 6.10 Å². The minimum Gasteiger partial charge on any atom is -0.389 e. The van der Waals surface area contributed by atoms with Crippen LogP contribution in [0.2, 0.25) is 0 Å². The molecule has 0 aromatic carbocycles. The van der Waals surface area contributed by atoms with Crippen LogP contribution >= 0.6 is 12.6 Å². The van der Waals surface area contributed by atoms with E-state index in [1.54, 1.807) is 18.4 Å². The lowest BCUT2D eigenvalue weighted by Crippen LogP contribution is -1.99. The summed E-state index contributed by atoms with van der Waals surface area (Å²) < 4.78 is 0. The Hall–Kier alpha value is -0.210. The third-order valence-corrected chi connectivity index (χ3v) is 1.28. The van der Waals surface area contributed by atoms with Crippen molar-refractivity contribution in [1.82, 2.24) is 0 Å². The molecule has 0 saturated heterocycles. The Morgan fingerprint density at radius 3 is 2.56 bits per heavy atom. The normalized spacial score (nSPS) is 16.7. The van der Waals surface area contributed by atoms with Crippen molar-refractivity contribution >= 4 is 12.6 Å². The molecular formula is C7H12OS. The fraction of sp³-hybridized carbons (Fsp3) is 0.429. The van der Waals surface area contributed by atoms with Crippen LogP contribution in [0.4, 0.5) is 0 Å². The Balaban J connectivity index is 3.84. The molecule has 0 spiro atoms. The molecule has 0 aliphatic rings. The maximum atomic E-state index is 8.92. The molecule has 2 heteroatoms. The Bertz CT molecular complexity index is 125. The molecule has 0 aromatic heterocycles. The summed E-state index contributed by atoms with van der Waals surface area (Å²) in [6.07, 6.45) is 3.26. The fourth-order valence-corrected chi connectivity index (χ4v) is 0.420. The summed E-state index contributed by atoms with van der Waals surface area (Å²) in [5.74, 6) is 0. The summed E-state index contributed by atoms with van der Waals surface area (Å²) in [4.78, 5) is 0. The molecule has 1 unspecified atom stereocenters. The van der Waals surface area contributed by atoms with Crippen molar-refractivity contribution in [1.29, 1.82) is 0 Å². The second-order valence-electron chi connectivity index (χ2n) is 1.93. The molecule has 1 nitrogen and oxygen atoms in total. The molecule has 1 N–H and O–H groups in total. The van der Waals surface area contributed by atoms with Gasteiger partial charge >= 0.3 is 0 Å². The molecule has 0 aliphatic heterocycles. The van der Waals surface area contributed by atoms with Gasteiger partial charge < -0.3 is 5.11 Å². The molecule has 0 heterocycles. The molecule has 0 fully saturated rings. The van der Waals surface area contributed by atoms with Gasteiger partial charge in [0.1, 0.15) is 0 Å². The van der Waals surface area contributed by atoms with Gasteiger partial charge in [-0.1, -0.05) is 12.2 Å². The van der Waals surface area contributed by atoms with E-state index in [2.05, 4.69) is 12.6 Å². The number of hydrogen-bond donors (Lipinski definition) is 2. The highest BCUT2D eigenvalue weighted by molar-refractivity contribution is 7.83. The van der Waals surface area contributed by atoms with Crippen LogP contribution in [0.5, 0.6) is 0 Å². The average Bonchev–Trinajstić information content (AvgIpc) is 1.82. The van der Waals surface area contributed by atoms with Crippen LogP contribution in [0.25, 0.3) is 0 Å². The Kier molecular flexibility index (Phi) is 4.54. The third-order valence-electron chi connectivity index (χ3n) is 1.10. The second-order valence-corrected chi connectivity index (χ2v) is 2.23. The number of hydrogen-bond acceptors (Lipinski definition) is 2. The first-order chi connectivity index (χ1) is 4.18. The summed E-state index contributed by atoms with van der Waals surface area (Å²) in [5.41, 5.74) is 0.945. The second kappa shape index (κ2) is 4.65. The lowest BCUT2D eigenvalue weighted by atomic mass is 10.2. The van der Waals surface area contributed by atoms with E-state index in [9.17, 15) is 0 Å². The van der Waals surface area contributed by atoms with E-state index in [4.69, 9.17) is 5.11 Å². The van der Waals surface area contributed by atoms with Gasteiger partial charge in [-0.25, -0.2) is 0 Å². The first-order valence-electron chi connectivity index (χ1n) is 2.84. The van der Waals surface area contributed by atoms with Gasteiger partial charge in [-0.2, -0.15) is 12.6 Å². The summed E-state index contributed by atoms with van der Waals surface area (Å²) in [6.45, 7) is 3.61. The molecule has 0 saturated carbocycles. The van der Waals surface area contributed by atoms with E-state index < -0.39 is 0 Å². The van der Waals surface area contributed by atoms with Crippen molar-refractivity contribution in [2.24, 2.45) is 0 Å². The highest BCUT2D eigenvalue weighted by Crippen LogP contribution is 1.99. The van der Waals surface area contributed by atoms with Gasteiger partial charge in [0.25, 0.3) is 0 Å². The number of thiol groups is 1. The first-order valence-corrected chi connectivity index (χ1v) is 3.35. The predicted octanol–water partition coefficient (Wildman–Crippen LogP) is 1.76. The van der Waals surface area contributed by atoms with Crippen molar-refractivity contribution < 1.29 is 5.11 Å². The van der Waals surface area contributed by atoms with Gasteiger partial charge in [-0.15, -0.1) is 0 Å². The largest absolute Gasteiger partial charge is 0.389 e. The quantitative estimate of drug-likeness (QED) is 0.447. The topological polar surface area (TPSA) is 20.2 Å². The van der Waals surface area contributed by atoms with Gasteiger partial charge in [-0.3, -0.25) is 0 Å². The lowest BCUT2D eigenvalue weighted by Gasteiger charge is -2.00. The minimum atomic E-state index is -0.352. The van der Waals surface area contributed by atoms with E-state index in [0.717, 1.165) is 5.57 Å². The van der Waals surface area contributed by atoms with Crippen molar-refractivity contribution in [3.05, 3.63) is 23.1 Å². The zero-order chi connectivity index (χ0) is 7.28. The SMILES string of the molecule is C/C(=C\C=C/S)C(C)O. The first kappa shape index (κ1) is 8.79. The van der Waals surface area contributed by atoms with Gasteiger partial charge in [0.15, 0.2) is 0 Å². The van der Waals surface area contributed by atoms with Crippen LogP contribution in [-0.2, 0) is 0 Å². The van der Waals surface area contributed by atoms with Crippen LogP contribution < -0.4 is 0 Å². The summed E-state index contributed by atoms with van der Waals surface area (Å²) >= 11 is 3.86. The van der Waals surface area contributed by atoms with Crippen molar-refractivity contribution in [3.63, 3.8) is 0 Å². The van der Waals surface area contributed by atoms with E-state index >= 15 is 0 Å². The lowest BCUT2D eigenvalue weighted by molar-refractivity contribution is 0.231. The number of allylic oxidation sites excluding steroid dienone is 2. The summed E-state index contributed by atoms with van der Waals surface area (Å²) in [6, 6.07) is 0. The summed E-state index contributed by atoms with van der Waals surface area (Å²) in [7, 11) is 0. The molecule has 0 radical (unpaired) electrons. The molecule has 0 bridgehead atoms. The van der Waals surface area contributed by atoms with E-state index in [1.807, 2.05) is 13.0 Å². The van der Waals surface area contributed by atoms with E-state index in [0.29, 0.717) is 0 Å². The Morgan fingerprint density at radius 2 is 2.22 bits per heavy atom. The molecule has 0 rings (SSSR count). The number of rotatable bonds is 2. The molecule has 0 aromatic rings. The third kappa shape index (κ3) is 4.30. The van der Waals surface area contributed by atoms with Crippen LogP contribution in [0.3, 0.4) is 0 Å². The zero-order valence-electron chi connectivity index (χ0n) is 5.70. The highest BCUT2D eigenvalue weighted by atomic mass is 32.1. The number of aliphatic hydroxyl groups is 1. The van der Waals surface area contributed by atoms with Crippen LogP contribution in [0.15, 0.2) is 23.1 Å². The molecule has 52 valence electrons. The molecular weight excluding hydrogens is 132 g/mol. The van der Waals surface area contributed by atoms with E-state index in [1.165, 1.54) is 0 Å². The Morgan fingerprint density at radius 1 is 1.67 bits per heavy atom. The molecule has 0 amide bonds. The maximum Gasteiger partial charge on any atom is 0.0722 e. The van der Waals surface area contributed by atoms with Crippen molar-refractivity contribution in [2.45, 2.75) is 20.0 Å². The average molecular weight is 144 g/mol. The summed E-state index contributed by atoms with van der Waals surface area (Å²) in [5, 5.41) is 10.6. The molecule has 0 aliphatic carbocycles. The van der Waals surface area contributed by atoms with Crippen LogP contribution in [-0.4, -0.2) is 11.2 Å². The Labute approximate surface area is 61.5 Å². The van der Waals surface area contributed by atoms with Crippen LogP contribution in [0.1, 0.15) is 13.8 Å². The van der Waals surface area contributed by atoms with Crippen LogP contribution in [0, 0.1) is 0 Å². The van der Waals surface area contributed by atoms with E-state index in [-0.39, 0.29) is 6.10 Å². The standard InChI is InChI=1S/C7H12OS/c1-6(7(2)8)4-3-5-9/h3-5,7-9H,1-2H3/b5-3-,6-4+. The fourth-order valence-electron chi connectivity index (χ4n) is 0.334. The van der Waals surface area contributed by atoms with Gasteiger partial charge in [0.2, 0.25) is 0 Å². The molecule has 1 atom stereocenters. The molecule has 9 heavy (non-hydrogen) atoms. The minimum absolute atomic E-state index is 0.352. The van der Waals surface area contributed by atoms with Crippen molar-refractivity contribution in [3.8, 4) is 0 Å². The number of aliphatic hydroxyl groups excluding tert-OH is 1. The van der Waals surface area contributed by atoms with Crippen molar-refractivity contribution in [2.75, 3.05) is 0 Å². The van der Waals surface area contributed by atoms with Gasteiger partial charge in [-0.05, 0) is 24.8 Å². The predicted molar refractivity (Wildman–Crippen MR) is 43.6 cm³/mol. The zero-order valence-corrected chi connectivity index (χ0v) is 6.60. The monoisotopic (exact) mass is 144 g/mol.